The quantitative estimate of drug-likeness (QED) is 0.531. The van der Waals surface area contributed by atoms with E-state index >= 15 is 0 Å². The lowest BCUT2D eigenvalue weighted by molar-refractivity contribution is -0.134. The van der Waals surface area contributed by atoms with Crippen molar-refractivity contribution in [3.63, 3.8) is 0 Å². The topological polar surface area (TPSA) is 82.3 Å². The molecule has 1 amide bonds. The van der Waals surface area contributed by atoms with Crippen LogP contribution >= 0.6 is 0 Å². The molecule has 0 spiro atoms. The van der Waals surface area contributed by atoms with Gasteiger partial charge in [0.15, 0.2) is 0 Å². The van der Waals surface area contributed by atoms with Crippen LogP contribution in [0, 0.1) is 18.3 Å². The van der Waals surface area contributed by atoms with Gasteiger partial charge >= 0.3 is 0 Å². The van der Waals surface area contributed by atoms with E-state index in [4.69, 9.17) is 9.72 Å². The Kier molecular flexibility index (Phi) is 6.40. The van der Waals surface area contributed by atoms with E-state index in [1.165, 1.54) is 0 Å². The van der Waals surface area contributed by atoms with E-state index < -0.39 is 0 Å². The first kappa shape index (κ1) is 23.3. The molecule has 7 nitrogen and oxygen atoms in total. The van der Waals surface area contributed by atoms with E-state index in [9.17, 15) is 10.1 Å². The van der Waals surface area contributed by atoms with Crippen molar-refractivity contribution in [2.45, 2.75) is 45.1 Å². The van der Waals surface area contributed by atoms with Crippen molar-refractivity contribution in [3.05, 3.63) is 53.5 Å². The summed E-state index contributed by atoms with van der Waals surface area (Å²) in [4.78, 5) is 26.2. The van der Waals surface area contributed by atoms with Crippen LogP contribution in [0.1, 0.15) is 48.9 Å². The van der Waals surface area contributed by atoms with Crippen molar-refractivity contribution in [1.29, 1.82) is 5.26 Å². The van der Waals surface area contributed by atoms with Gasteiger partial charge in [0.2, 0.25) is 5.91 Å². The third-order valence-electron chi connectivity index (χ3n) is 7.25. The standard InChI is InChI=1S/C28H31N5O2/c1-18-17-32(12-13-33(18)25(34)10-14-35-3)28-24(15-29)19(2)26(27(31-28)20-7-8-20)23-6-4-5-21-16-30-11-9-22(21)23/h4-6,9,11,16,18,20H,7-8,10,12-14,17H2,1-3H3. The Bertz CT molecular complexity index is 1310. The average Bonchev–Trinajstić information content (AvgIpc) is 3.72. The second kappa shape index (κ2) is 9.63. The Morgan fingerprint density at radius 3 is 2.80 bits per heavy atom. The molecule has 35 heavy (non-hydrogen) atoms. The van der Waals surface area contributed by atoms with Crippen molar-refractivity contribution < 1.29 is 9.53 Å². The summed E-state index contributed by atoms with van der Waals surface area (Å²) in [5.41, 5.74) is 4.90. The van der Waals surface area contributed by atoms with Crippen LogP contribution in [0.5, 0.6) is 0 Å². The predicted octanol–water partition coefficient (Wildman–Crippen LogP) is 4.43. The molecule has 1 aliphatic heterocycles. The number of aromatic nitrogens is 2. The molecule has 1 atom stereocenters. The van der Waals surface area contributed by atoms with Gasteiger partial charge in [-0.2, -0.15) is 5.26 Å². The first-order valence-corrected chi connectivity index (χ1v) is 12.3. The minimum Gasteiger partial charge on any atom is -0.384 e. The lowest BCUT2D eigenvalue weighted by Crippen LogP contribution is -2.54. The third kappa shape index (κ3) is 4.35. The molecule has 1 aromatic carbocycles. The van der Waals surface area contributed by atoms with Gasteiger partial charge in [-0.15, -0.1) is 0 Å². The molecule has 0 N–H and O–H groups in total. The summed E-state index contributed by atoms with van der Waals surface area (Å²) in [5, 5.41) is 12.5. The second-order valence-corrected chi connectivity index (χ2v) is 9.61. The summed E-state index contributed by atoms with van der Waals surface area (Å²) in [6, 6.07) is 10.8. The van der Waals surface area contributed by atoms with Gasteiger partial charge in [-0.3, -0.25) is 9.78 Å². The highest BCUT2D eigenvalue weighted by Crippen LogP contribution is 2.47. The van der Waals surface area contributed by atoms with Gasteiger partial charge in [-0.25, -0.2) is 4.98 Å². The number of hydrogen-bond donors (Lipinski definition) is 0. The number of benzene rings is 1. The van der Waals surface area contributed by atoms with E-state index in [-0.39, 0.29) is 11.9 Å². The van der Waals surface area contributed by atoms with Crippen LogP contribution in [0.3, 0.4) is 0 Å². The minimum absolute atomic E-state index is 0.0383. The lowest BCUT2D eigenvalue weighted by Gasteiger charge is -2.41. The van der Waals surface area contributed by atoms with Crippen LogP contribution in [-0.4, -0.2) is 60.2 Å². The first-order chi connectivity index (χ1) is 17.0. The molecule has 7 heteroatoms. The van der Waals surface area contributed by atoms with Crippen LogP contribution < -0.4 is 4.90 Å². The number of amides is 1. The maximum atomic E-state index is 12.6. The number of pyridine rings is 2. The Labute approximate surface area is 206 Å². The van der Waals surface area contributed by atoms with E-state index in [0.29, 0.717) is 44.1 Å². The molecule has 0 bridgehead atoms. The summed E-state index contributed by atoms with van der Waals surface area (Å²) >= 11 is 0. The predicted molar refractivity (Wildman–Crippen MR) is 136 cm³/mol. The number of nitriles is 1. The molecule has 1 aliphatic carbocycles. The van der Waals surface area contributed by atoms with E-state index in [0.717, 1.165) is 51.8 Å². The van der Waals surface area contributed by atoms with Gasteiger partial charge in [0, 0.05) is 62.0 Å². The fourth-order valence-corrected chi connectivity index (χ4v) is 5.26. The minimum atomic E-state index is 0.0383. The van der Waals surface area contributed by atoms with Crippen LogP contribution in [0.2, 0.25) is 0 Å². The monoisotopic (exact) mass is 469 g/mol. The van der Waals surface area contributed by atoms with Gasteiger partial charge < -0.3 is 14.5 Å². The van der Waals surface area contributed by atoms with E-state index in [1.54, 1.807) is 7.11 Å². The number of piperazine rings is 1. The molecule has 1 saturated carbocycles. The van der Waals surface area contributed by atoms with Crippen molar-refractivity contribution in [1.82, 2.24) is 14.9 Å². The van der Waals surface area contributed by atoms with E-state index in [1.807, 2.05) is 23.4 Å². The fraction of sp³-hybridized carbons (Fsp3) is 0.429. The SMILES string of the molecule is COCCC(=O)N1CCN(c2nc(C3CC3)c(-c3cccc4cnccc34)c(C)c2C#N)CC1C. The molecule has 2 aliphatic rings. The molecule has 2 fully saturated rings. The molecule has 3 heterocycles. The highest BCUT2D eigenvalue weighted by Gasteiger charge is 2.34. The van der Waals surface area contributed by atoms with Gasteiger partial charge in [-0.1, -0.05) is 18.2 Å². The van der Waals surface area contributed by atoms with E-state index in [2.05, 4.69) is 48.0 Å². The summed E-state index contributed by atoms with van der Waals surface area (Å²) in [7, 11) is 1.61. The molecular weight excluding hydrogens is 438 g/mol. The number of anilines is 1. The van der Waals surface area contributed by atoms with Crippen molar-refractivity contribution in [2.24, 2.45) is 0 Å². The smallest absolute Gasteiger partial charge is 0.225 e. The average molecular weight is 470 g/mol. The zero-order valence-corrected chi connectivity index (χ0v) is 20.6. The molecule has 180 valence electrons. The number of nitrogens with zero attached hydrogens (tertiary/aromatic N) is 5. The van der Waals surface area contributed by atoms with Gasteiger partial charge in [0.05, 0.1) is 24.3 Å². The highest BCUT2D eigenvalue weighted by atomic mass is 16.5. The number of carbonyl (C=O) groups is 1. The molecule has 0 radical (unpaired) electrons. The van der Waals surface area contributed by atoms with Gasteiger partial charge in [0.1, 0.15) is 11.9 Å². The Morgan fingerprint density at radius 1 is 1.26 bits per heavy atom. The first-order valence-electron chi connectivity index (χ1n) is 12.3. The zero-order chi connectivity index (χ0) is 24.5. The number of carbonyl (C=O) groups excluding carboxylic acids is 1. The van der Waals surface area contributed by atoms with Crippen molar-refractivity contribution >= 4 is 22.5 Å². The van der Waals surface area contributed by atoms with Crippen LogP contribution in [0.15, 0.2) is 36.7 Å². The summed E-state index contributed by atoms with van der Waals surface area (Å²) in [5.74, 6) is 1.29. The Balaban J connectivity index is 1.55. The van der Waals surface area contributed by atoms with Crippen molar-refractivity contribution in [3.8, 4) is 17.2 Å². The third-order valence-corrected chi connectivity index (χ3v) is 7.25. The number of ether oxygens (including phenoxy) is 1. The zero-order valence-electron chi connectivity index (χ0n) is 20.6. The Morgan fingerprint density at radius 2 is 2.09 bits per heavy atom. The van der Waals surface area contributed by atoms with Crippen LogP contribution in [0.25, 0.3) is 21.9 Å². The largest absolute Gasteiger partial charge is 0.384 e. The Hall–Kier alpha value is -3.50. The van der Waals surface area contributed by atoms with Gasteiger partial charge in [-0.05, 0) is 49.3 Å². The number of rotatable bonds is 6. The lowest BCUT2D eigenvalue weighted by atomic mass is 9.90. The summed E-state index contributed by atoms with van der Waals surface area (Å²) in [6.07, 6.45) is 6.33. The molecule has 3 aromatic rings. The fourth-order valence-electron chi connectivity index (χ4n) is 5.26. The normalized spacial score (nSPS) is 18.1. The molecule has 1 unspecified atom stereocenters. The molecular formula is C28H31N5O2. The van der Waals surface area contributed by atoms with Gasteiger partial charge in [0.25, 0.3) is 0 Å². The highest BCUT2D eigenvalue weighted by molar-refractivity contribution is 5.98. The summed E-state index contributed by atoms with van der Waals surface area (Å²) < 4.78 is 5.08. The van der Waals surface area contributed by atoms with Crippen LogP contribution in [0.4, 0.5) is 5.82 Å². The molecule has 5 rings (SSSR count). The molecule has 2 aromatic heterocycles. The molecule has 1 saturated heterocycles. The summed E-state index contributed by atoms with van der Waals surface area (Å²) in [6.45, 7) is 6.49. The maximum Gasteiger partial charge on any atom is 0.225 e. The maximum absolute atomic E-state index is 12.6. The van der Waals surface area contributed by atoms with Crippen LogP contribution in [-0.2, 0) is 9.53 Å². The van der Waals surface area contributed by atoms with Crippen molar-refractivity contribution in [2.75, 3.05) is 38.3 Å². The second-order valence-electron chi connectivity index (χ2n) is 9.61. The number of methoxy groups -OCH3 is 1. The number of hydrogen-bond acceptors (Lipinski definition) is 6. The number of fused-ring (bicyclic) bond motifs is 1.